The van der Waals surface area contributed by atoms with Crippen LogP contribution in [-0.4, -0.2) is 45.0 Å². The Morgan fingerprint density at radius 1 is 1.42 bits per heavy atom. The van der Waals surface area contributed by atoms with Gasteiger partial charge in [0.05, 0.1) is 22.7 Å². The predicted octanol–water partition coefficient (Wildman–Crippen LogP) is -0.352. The first-order chi connectivity index (χ1) is 8.60. The number of carboxylic acid groups (broad SMARTS) is 1. The molecule has 0 unspecified atom stereocenters. The number of hydrogen-bond donors (Lipinski definition) is 2. The smallest absolute Gasteiger partial charge is 0.358 e. The van der Waals surface area contributed by atoms with E-state index in [1.807, 2.05) is 0 Å². The molecule has 8 nitrogen and oxygen atoms in total. The number of nitrogens with zero attached hydrogens (tertiary/aromatic N) is 3. The highest BCUT2D eigenvalue weighted by Crippen LogP contribution is 2.16. The first kappa shape index (κ1) is 15.6. The Balaban J connectivity index is 2.94. The summed E-state index contributed by atoms with van der Waals surface area (Å²) in [7, 11) is -3.31. The molecule has 0 bridgehead atoms. The second-order valence-corrected chi connectivity index (χ2v) is 7.91. The molecule has 19 heavy (non-hydrogen) atoms. The Hall–Kier alpha value is -1.48. The minimum atomic E-state index is -3.31. The summed E-state index contributed by atoms with van der Waals surface area (Å²) in [5.41, 5.74) is 5.42. The summed E-state index contributed by atoms with van der Waals surface area (Å²) in [5, 5.41) is 16.0. The fourth-order valence-electron chi connectivity index (χ4n) is 1.39. The second kappa shape index (κ2) is 5.25. The topological polar surface area (TPSA) is 128 Å². The molecule has 1 heterocycles. The number of hydrogen-bond acceptors (Lipinski definition) is 6. The van der Waals surface area contributed by atoms with Gasteiger partial charge in [0.1, 0.15) is 0 Å². The standard InChI is InChI=1S/C10H18N4O4S/c1-10(2,3)19(17,18)5-4-14-7(6-11)8(9(15)16)12-13-14/h4-6,11H2,1-3H3,(H,15,16). The van der Waals surface area contributed by atoms with Crippen molar-refractivity contribution in [1.29, 1.82) is 0 Å². The maximum atomic E-state index is 12.0. The molecule has 1 rings (SSSR count). The van der Waals surface area contributed by atoms with E-state index in [0.717, 1.165) is 0 Å². The average Bonchev–Trinajstić information content (AvgIpc) is 2.67. The van der Waals surface area contributed by atoms with Crippen LogP contribution < -0.4 is 5.73 Å². The summed E-state index contributed by atoms with van der Waals surface area (Å²) >= 11 is 0. The van der Waals surface area contributed by atoms with Crippen LogP contribution in [0, 0.1) is 0 Å². The number of carboxylic acids is 1. The van der Waals surface area contributed by atoms with Crippen LogP contribution in [0.25, 0.3) is 0 Å². The van der Waals surface area contributed by atoms with Crippen molar-refractivity contribution in [3.8, 4) is 0 Å². The molecule has 108 valence electrons. The maximum absolute atomic E-state index is 12.0. The average molecular weight is 290 g/mol. The number of aryl methyl sites for hydroxylation is 1. The van der Waals surface area contributed by atoms with E-state index in [4.69, 9.17) is 10.8 Å². The number of sulfone groups is 1. The zero-order chi connectivity index (χ0) is 14.8. The van der Waals surface area contributed by atoms with Crippen LogP contribution in [0.5, 0.6) is 0 Å². The highest BCUT2D eigenvalue weighted by molar-refractivity contribution is 7.92. The van der Waals surface area contributed by atoms with Crippen molar-refractivity contribution in [2.75, 3.05) is 5.75 Å². The fourth-order valence-corrected chi connectivity index (χ4v) is 2.42. The Morgan fingerprint density at radius 2 is 2.00 bits per heavy atom. The molecule has 0 aliphatic rings. The normalized spacial score (nSPS) is 12.6. The number of carbonyl (C=O) groups is 1. The third kappa shape index (κ3) is 3.29. The largest absolute Gasteiger partial charge is 0.476 e. The van der Waals surface area contributed by atoms with Crippen molar-refractivity contribution < 1.29 is 18.3 Å². The molecule has 0 saturated heterocycles. The van der Waals surface area contributed by atoms with Crippen LogP contribution in [0.3, 0.4) is 0 Å². The molecule has 0 atom stereocenters. The van der Waals surface area contributed by atoms with Gasteiger partial charge in [-0.25, -0.2) is 17.9 Å². The molecular formula is C10H18N4O4S. The summed E-state index contributed by atoms with van der Waals surface area (Å²) in [6, 6.07) is 0. The molecule has 0 saturated carbocycles. The Labute approximate surface area is 111 Å². The van der Waals surface area contributed by atoms with Gasteiger partial charge in [-0.1, -0.05) is 5.21 Å². The molecule has 0 aliphatic heterocycles. The summed E-state index contributed by atoms with van der Waals surface area (Å²) in [6.07, 6.45) is 0. The number of nitrogens with two attached hydrogens (primary N) is 1. The lowest BCUT2D eigenvalue weighted by Crippen LogP contribution is -2.32. The maximum Gasteiger partial charge on any atom is 0.358 e. The molecule has 0 aliphatic carbocycles. The first-order valence-corrected chi connectivity index (χ1v) is 7.33. The summed E-state index contributed by atoms with van der Waals surface area (Å²) < 4.78 is 24.3. The monoisotopic (exact) mass is 290 g/mol. The number of aromatic carboxylic acids is 1. The van der Waals surface area contributed by atoms with Gasteiger partial charge >= 0.3 is 5.97 Å². The van der Waals surface area contributed by atoms with Crippen molar-refractivity contribution >= 4 is 15.8 Å². The summed E-state index contributed by atoms with van der Waals surface area (Å²) in [6.45, 7) is 4.79. The molecule has 0 aromatic carbocycles. The molecule has 0 amide bonds. The highest BCUT2D eigenvalue weighted by atomic mass is 32.2. The third-order valence-electron chi connectivity index (χ3n) is 2.74. The van der Waals surface area contributed by atoms with E-state index in [-0.39, 0.29) is 30.2 Å². The van der Waals surface area contributed by atoms with Crippen LogP contribution in [-0.2, 0) is 22.9 Å². The van der Waals surface area contributed by atoms with Gasteiger partial charge in [-0.05, 0) is 20.8 Å². The van der Waals surface area contributed by atoms with Crippen LogP contribution in [0.4, 0.5) is 0 Å². The van der Waals surface area contributed by atoms with Gasteiger partial charge in [-0.3, -0.25) is 0 Å². The van der Waals surface area contributed by atoms with Gasteiger partial charge in [0.25, 0.3) is 0 Å². The van der Waals surface area contributed by atoms with E-state index < -0.39 is 20.6 Å². The van der Waals surface area contributed by atoms with Crippen LogP contribution in [0.2, 0.25) is 0 Å². The van der Waals surface area contributed by atoms with E-state index in [2.05, 4.69) is 10.3 Å². The first-order valence-electron chi connectivity index (χ1n) is 5.68. The van der Waals surface area contributed by atoms with Crippen LogP contribution >= 0.6 is 0 Å². The third-order valence-corrected chi connectivity index (χ3v) is 5.32. The van der Waals surface area contributed by atoms with Gasteiger partial charge in [-0.15, -0.1) is 5.10 Å². The molecule has 3 N–H and O–H groups in total. The molecule has 1 aromatic heterocycles. The van der Waals surface area contributed by atoms with E-state index in [1.165, 1.54) is 4.68 Å². The molecule has 0 radical (unpaired) electrons. The lowest BCUT2D eigenvalue weighted by atomic mass is 10.3. The van der Waals surface area contributed by atoms with Crippen molar-refractivity contribution in [2.45, 2.75) is 38.6 Å². The molecule has 1 aromatic rings. The van der Waals surface area contributed by atoms with Crippen molar-refractivity contribution in [3.05, 3.63) is 11.4 Å². The molecular weight excluding hydrogens is 272 g/mol. The quantitative estimate of drug-likeness (QED) is 0.758. The lowest BCUT2D eigenvalue weighted by Gasteiger charge is -2.19. The van der Waals surface area contributed by atoms with E-state index in [1.54, 1.807) is 20.8 Å². The van der Waals surface area contributed by atoms with Crippen LogP contribution in [0.15, 0.2) is 0 Å². The minimum Gasteiger partial charge on any atom is -0.476 e. The highest BCUT2D eigenvalue weighted by Gasteiger charge is 2.29. The summed E-state index contributed by atoms with van der Waals surface area (Å²) in [5.74, 6) is -1.38. The van der Waals surface area contributed by atoms with E-state index in [0.29, 0.717) is 0 Å². The summed E-state index contributed by atoms with van der Waals surface area (Å²) in [4.78, 5) is 10.9. The molecule has 0 fully saturated rings. The predicted molar refractivity (Wildman–Crippen MR) is 68.4 cm³/mol. The van der Waals surface area contributed by atoms with Crippen molar-refractivity contribution in [2.24, 2.45) is 5.73 Å². The zero-order valence-corrected chi connectivity index (χ0v) is 11.9. The van der Waals surface area contributed by atoms with E-state index >= 15 is 0 Å². The van der Waals surface area contributed by atoms with Crippen molar-refractivity contribution in [1.82, 2.24) is 15.0 Å². The fraction of sp³-hybridized carbons (Fsp3) is 0.700. The second-order valence-electron chi connectivity index (χ2n) is 5.05. The van der Waals surface area contributed by atoms with Gasteiger partial charge in [-0.2, -0.15) is 0 Å². The van der Waals surface area contributed by atoms with E-state index in [9.17, 15) is 13.2 Å². The Bertz CT molecular complexity index is 571. The lowest BCUT2D eigenvalue weighted by molar-refractivity contribution is 0.0689. The minimum absolute atomic E-state index is 0.0341. The Morgan fingerprint density at radius 3 is 2.42 bits per heavy atom. The van der Waals surface area contributed by atoms with Gasteiger partial charge < -0.3 is 10.8 Å². The SMILES string of the molecule is CC(C)(C)S(=O)(=O)CCn1nnc(C(=O)O)c1CN. The van der Waals surface area contributed by atoms with Gasteiger partial charge in [0, 0.05) is 6.54 Å². The van der Waals surface area contributed by atoms with Gasteiger partial charge in [0.2, 0.25) is 0 Å². The van der Waals surface area contributed by atoms with Crippen molar-refractivity contribution in [3.63, 3.8) is 0 Å². The molecule has 9 heteroatoms. The van der Waals surface area contributed by atoms with Crippen LogP contribution in [0.1, 0.15) is 37.0 Å². The Kier molecular flexibility index (Phi) is 4.31. The van der Waals surface area contributed by atoms with Gasteiger partial charge in [0.15, 0.2) is 15.5 Å². The molecule has 0 spiro atoms. The number of aromatic nitrogens is 3. The zero-order valence-electron chi connectivity index (χ0n) is 11.1. The number of rotatable bonds is 5.